The van der Waals surface area contributed by atoms with E-state index in [2.05, 4.69) is 0 Å². The first kappa shape index (κ1) is 9.09. The Morgan fingerprint density at radius 3 is 2.56 bits per heavy atom. The molecule has 0 radical (unpaired) electrons. The number of fused-ring (bicyclic) bond motifs is 2. The van der Waals surface area contributed by atoms with Crippen LogP contribution in [0.5, 0.6) is 11.5 Å². The molecule has 0 saturated heterocycles. The van der Waals surface area contributed by atoms with Crippen LogP contribution < -0.4 is 16.2 Å². The van der Waals surface area contributed by atoms with Crippen molar-refractivity contribution in [3.05, 3.63) is 47.5 Å². The zero-order chi connectivity index (χ0) is 11.1. The highest BCUT2D eigenvalue weighted by molar-refractivity contribution is 5.70. The number of nitrogen functional groups attached to an aromatic ring is 2. The first-order valence-corrected chi connectivity index (χ1v) is 5.18. The summed E-state index contributed by atoms with van der Waals surface area (Å²) in [6.07, 6.45) is 0.780. The van der Waals surface area contributed by atoms with Crippen molar-refractivity contribution in [2.75, 3.05) is 11.5 Å². The molecule has 3 heteroatoms. The van der Waals surface area contributed by atoms with Crippen LogP contribution in [0.25, 0.3) is 0 Å². The van der Waals surface area contributed by atoms with E-state index in [9.17, 15) is 0 Å². The van der Waals surface area contributed by atoms with Crippen LogP contribution in [0.4, 0.5) is 11.4 Å². The maximum Gasteiger partial charge on any atom is 0.155 e. The fourth-order valence-electron chi connectivity index (χ4n) is 2.01. The molecule has 0 aliphatic carbocycles. The number of hydrogen-bond acceptors (Lipinski definition) is 3. The molecule has 0 aromatic heterocycles. The number of nitrogens with two attached hydrogens (primary N) is 2. The fraction of sp³-hybridized carbons (Fsp3) is 0.0769. The van der Waals surface area contributed by atoms with Gasteiger partial charge in [0.2, 0.25) is 0 Å². The van der Waals surface area contributed by atoms with E-state index in [-0.39, 0.29) is 0 Å². The molecular formula is C13H12N2O. The average Bonchev–Trinajstić information content (AvgIpc) is 2.32. The smallest absolute Gasteiger partial charge is 0.155 e. The summed E-state index contributed by atoms with van der Waals surface area (Å²) in [6.45, 7) is 0. The molecule has 3 rings (SSSR count). The summed E-state index contributed by atoms with van der Waals surface area (Å²) in [5, 5.41) is 0. The highest BCUT2D eigenvalue weighted by Crippen LogP contribution is 2.42. The van der Waals surface area contributed by atoms with Gasteiger partial charge in [-0.05, 0) is 23.8 Å². The van der Waals surface area contributed by atoms with Gasteiger partial charge < -0.3 is 16.2 Å². The number of benzene rings is 2. The number of hydrogen-bond donors (Lipinski definition) is 2. The van der Waals surface area contributed by atoms with Crippen molar-refractivity contribution in [2.45, 2.75) is 6.42 Å². The van der Waals surface area contributed by atoms with Crippen LogP contribution in [0.1, 0.15) is 11.1 Å². The lowest BCUT2D eigenvalue weighted by molar-refractivity contribution is 0.463. The molecule has 0 fully saturated rings. The molecule has 2 aromatic rings. The maximum atomic E-state index is 5.93. The quantitative estimate of drug-likeness (QED) is 0.563. The lowest BCUT2D eigenvalue weighted by atomic mass is 9.98. The predicted molar refractivity (Wildman–Crippen MR) is 64.6 cm³/mol. The third kappa shape index (κ3) is 1.21. The Balaban J connectivity index is 2.19. The van der Waals surface area contributed by atoms with Crippen molar-refractivity contribution in [3.8, 4) is 11.5 Å². The Morgan fingerprint density at radius 2 is 1.69 bits per heavy atom. The Morgan fingerprint density at radius 1 is 0.938 bits per heavy atom. The first-order valence-electron chi connectivity index (χ1n) is 5.18. The van der Waals surface area contributed by atoms with Crippen molar-refractivity contribution in [3.63, 3.8) is 0 Å². The number of ether oxygens (including phenoxy) is 1. The predicted octanol–water partition coefficient (Wildman–Crippen LogP) is 2.55. The van der Waals surface area contributed by atoms with Crippen LogP contribution in [0.3, 0.4) is 0 Å². The Kier molecular flexibility index (Phi) is 1.80. The van der Waals surface area contributed by atoms with Crippen LogP contribution in [-0.4, -0.2) is 0 Å². The second-order valence-electron chi connectivity index (χ2n) is 3.94. The van der Waals surface area contributed by atoms with Crippen molar-refractivity contribution < 1.29 is 4.74 Å². The largest absolute Gasteiger partial charge is 0.455 e. The van der Waals surface area contributed by atoms with Gasteiger partial charge >= 0.3 is 0 Å². The number of anilines is 2. The van der Waals surface area contributed by atoms with Crippen LogP contribution >= 0.6 is 0 Å². The topological polar surface area (TPSA) is 61.3 Å². The third-order valence-electron chi connectivity index (χ3n) is 2.88. The summed E-state index contributed by atoms with van der Waals surface area (Å²) in [4.78, 5) is 0. The molecule has 0 bridgehead atoms. The zero-order valence-corrected chi connectivity index (χ0v) is 8.73. The number of para-hydroxylation sites is 1. The fourth-order valence-corrected chi connectivity index (χ4v) is 2.01. The van der Waals surface area contributed by atoms with Gasteiger partial charge in [-0.2, -0.15) is 0 Å². The zero-order valence-electron chi connectivity index (χ0n) is 8.73. The molecule has 0 amide bonds. The van der Waals surface area contributed by atoms with Crippen LogP contribution in [-0.2, 0) is 6.42 Å². The lowest BCUT2D eigenvalue weighted by Gasteiger charge is -2.22. The average molecular weight is 212 g/mol. The highest BCUT2D eigenvalue weighted by Gasteiger charge is 2.20. The Bertz CT molecular complexity index is 514. The van der Waals surface area contributed by atoms with Crippen LogP contribution in [0.2, 0.25) is 0 Å². The van der Waals surface area contributed by atoms with Gasteiger partial charge in [-0.1, -0.05) is 18.2 Å². The van der Waals surface area contributed by atoms with Gasteiger partial charge in [0.15, 0.2) is 5.75 Å². The second-order valence-corrected chi connectivity index (χ2v) is 3.94. The van der Waals surface area contributed by atoms with Gasteiger partial charge in [-0.3, -0.25) is 0 Å². The standard InChI is InChI=1S/C13H12N2O/c14-10-5-6-11(15)13-9(10)7-8-3-1-2-4-12(8)16-13/h1-6H,7,14-15H2. The molecule has 1 heterocycles. The van der Waals surface area contributed by atoms with E-state index in [1.54, 1.807) is 6.07 Å². The van der Waals surface area contributed by atoms with Crippen molar-refractivity contribution in [1.82, 2.24) is 0 Å². The molecule has 4 N–H and O–H groups in total. The minimum Gasteiger partial charge on any atom is -0.455 e. The summed E-state index contributed by atoms with van der Waals surface area (Å²) >= 11 is 0. The summed E-state index contributed by atoms with van der Waals surface area (Å²) in [5.41, 5.74) is 15.3. The second kappa shape index (κ2) is 3.17. The van der Waals surface area contributed by atoms with Gasteiger partial charge in [0, 0.05) is 17.7 Å². The molecule has 80 valence electrons. The summed E-state index contributed by atoms with van der Waals surface area (Å²) in [5.74, 6) is 1.58. The van der Waals surface area contributed by atoms with E-state index < -0.39 is 0 Å². The van der Waals surface area contributed by atoms with Gasteiger partial charge in [-0.15, -0.1) is 0 Å². The van der Waals surface area contributed by atoms with Crippen molar-refractivity contribution in [2.24, 2.45) is 0 Å². The lowest BCUT2D eigenvalue weighted by Crippen LogP contribution is -2.08. The summed E-state index contributed by atoms with van der Waals surface area (Å²) in [7, 11) is 0. The summed E-state index contributed by atoms with van der Waals surface area (Å²) in [6, 6.07) is 11.5. The Labute approximate surface area is 93.6 Å². The molecular weight excluding hydrogens is 200 g/mol. The molecule has 16 heavy (non-hydrogen) atoms. The monoisotopic (exact) mass is 212 g/mol. The minimum atomic E-state index is 0.638. The van der Waals surface area contributed by atoms with E-state index in [1.165, 1.54) is 0 Å². The molecule has 0 atom stereocenters. The minimum absolute atomic E-state index is 0.638. The van der Waals surface area contributed by atoms with E-state index in [4.69, 9.17) is 16.2 Å². The molecule has 0 saturated carbocycles. The van der Waals surface area contributed by atoms with Crippen LogP contribution in [0.15, 0.2) is 36.4 Å². The van der Waals surface area contributed by atoms with E-state index in [1.807, 2.05) is 30.3 Å². The van der Waals surface area contributed by atoms with Crippen molar-refractivity contribution in [1.29, 1.82) is 0 Å². The van der Waals surface area contributed by atoms with Crippen LogP contribution in [0, 0.1) is 0 Å². The summed E-state index contributed by atoms with van der Waals surface area (Å²) < 4.78 is 5.78. The van der Waals surface area contributed by atoms with Gasteiger partial charge in [0.05, 0.1) is 5.69 Å². The number of rotatable bonds is 0. The molecule has 2 aromatic carbocycles. The SMILES string of the molecule is Nc1ccc(N)c2c1Cc1ccccc1O2. The molecule has 0 spiro atoms. The molecule has 0 unspecified atom stereocenters. The van der Waals surface area contributed by atoms with Gasteiger partial charge in [0.1, 0.15) is 5.75 Å². The van der Waals surface area contributed by atoms with E-state index in [0.717, 1.165) is 29.0 Å². The molecule has 3 nitrogen and oxygen atoms in total. The maximum absolute atomic E-state index is 5.93. The third-order valence-corrected chi connectivity index (χ3v) is 2.88. The Hall–Kier alpha value is -2.16. The van der Waals surface area contributed by atoms with E-state index >= 15 is 0 Å². The van der Waals surface area contributed by atoms with Crippen molar-refractivity contribution >= 4 is 11.4 Å². The highest BCUT2D eigenvalue weighted by atomic mass is 16.5. The van der Waals surface area contributed by atoms with Gasteiger partial charge in [-0.25, -0.2) is 0 Å². The first-order chi connectivity index (χ1) is 7.75. The molecule has 1 aliphatic heterocycles. The van der Waals surface area contributed by atoms with E-state index in [0.29, 0.717) is 11.4 Å². The normalized spacial score (nSPS) is 12.5. The molecule has 1 aliphatic rings. The van der Waals surface area contributed by atoms with Gasteiger partial charge in [0.25, 0.3) is 0 Å².